The predicted molar refractivity (Wildman–Crippen MR) is 144 cm³/mol. The maximum Gasteiger partial charge on any atom is 0.490 e. The van der Waals surface area contributed by atoms with Gasteiger partial charge in [0.25, 0.3) is 10.0 Å². The molecule has 2 aliphatic rings. The van der Waals surface area contributed by atoms with Gasteiger partial charge in [0.1, 0.15) is 0 Å². The Labute approximate surface area is 231 Å². The number of hydrogen-bond donors (Lipinski definition) is 3. The van der Waals surface area contributed by atoms with Crippen molar-refractivity contribution in [2.24, 2.45) is 0 Å². The van der Waals surface area contributed by atoms with Crippen LogP contribution >= 0.6 is 0 Å². The van der Waals surface area contributed by atoms with E-state index in [0.717, 1.165) is 42.7 Å². The van der Waals surface area contributed by atoms with E-state index < -0.39 is 28.1 Å². The Balaban J connectivity index is 0.000000559. The maximum absolute atomic E-state index is 13.2. The van der Waals surface area contributed by atoms with Crippen LogP contribution in [0.5, 0.6) is 0 Å². The summed E-state index contributed by atoms with van der Waals surface area (Å²) >= 11 is 0. The number of rotatable bonds is 6. The zero-order valence-electron chi connectivity index (χ0n) is 22.4. The predicted octanol–water partition coefficient (Wildman–Crippen LogP) is 4.89. The molecule has 0 atom stereocenters. The summed E-state index contributed by atoms with van der Waals surface area (Å²) in [7, 11) is -3.86. The summed E-state index contributed by atoms with van der Waals surface area (Å²) < 4.78 is 60.7. The second kappa shape index (κ2) is 12.9. The molecule has 2 heterocycles. The van der Waals surface area contributed by atoms with Gasteiger partial charge in [0.15, 0.2) is 0 Å². The fourth-order valence-electron chi connectivity index (χ4n) is 4.87. The summed E-state index contributed by atoms with van der Waals surface area (Å²) in [6, 6.07) is 10.3. The van der Waals surface area contributed by atoms with Gasteiger partial charge < -0.3 is 20.0 Å². The summed E-state index contributed by atoms with van der Waals surface area (Å²) in [4.78, 5) is 25.4. The number of sulfonamides is 1. The Hall–Kier alpha value is -3.32. The van der Waals surface area contributed by atoms with E-state index in [-0.39, 0.29) is 10.5 Å². The van der Waals surface area contributed by atoms with Crippen LogP contribution in [-0.2, 0) is 14.8 Å². The number of hydrogen-bond acceptors (Lipinski definition) is 6. The molecule has 4 rings (SSSR count). The van der Waals surface area contributed by atoms with E-state index in [0.29, 0.717) is 11.7 Å². The number of carbonyl (C=O) groups is 2. The van der Waals surface area contributed by atoms with Crippen molar-refractivity contribution in [3.05, 3.63) is 53.1 Å². The molecule has 0 spiro atoms. The molecular formula is C27H34F3N3O6S. The Morgan fingerprint density at radius 3 is 2.02 bits per heavy atom. The highest BCUT2D eigenvalue weighted by Crippen LogP contribution is 2.33. The molecule has 2 saturated heterocycles. The number of benzene rings is 2. The Morgan fingerprint density at radius 2 is 1.50 bits per heavy atom. The molecule has 220 valence electrons. The molecule has 2 aromatic carbocycles. The number of halogens is 3. The molecule has 2 aliphatic heterocycles. The van der Waals surface area contributed by atoms with Crippen LogP contribution in [0.1, 0.15) is 53.6 Å². The van der Waals surface area contributed by atoms with E-state index in [2.05, 4.69) is 14.5 Å². The van der Waals surface area contributed by atoms with Crippen molar-refractivity contribution in [2.45, 2.75) is 63.1 Å². The van der Waals surface area contributed by atoms with Gasteiger partial charge in [0, 0.05) is 19.1 Å². The normalized spacial score (nSPS) is 17.1. The van der Waals surface area contributed by atoms with Crippen LogP contribution < -0.4 is 9.62 Å². The molecule has 13 heteroatoms. The van der Waals surface area contributed by atoms with E-state index in [4.69, 9.17) is 9.90 Å². The fourth-order valence-corrected chi connectivity index (χ4v) is 6.02. The molecule has 0 aromatic heterocycles. The number of likely N-dealkylation sites (tertiary alicyclic amines) is 1. The van der Waals surface area contributed by atoms with Gasteiger partial charge >= 0.3 is 18.1 Å². The van der Waals surface area contributed by atoms with Gasteiger partial charge in [-0.1, -0.05) is 12.5 Å². The number of nitrogens with zero attached hydrogens (tertiary/aromatic N) is 2. The molecule has 0 amide bonds. The van der Waals surface area contributed by atoms with Gasteiger partial charge in [-0.05, 0) is 94.1 Å². The molecule has 0 saturated carbocycles. The molecular weight excluding hydrogens is 551 g/mol. The number of aryl methyl sites for hydroxylation is 2. The van der Waals surface area contributed by atoms with Crippen molar-refractivity contribution in [1.82, 2.24) is 4.90 Å². The lowest BCUT2D eigenvalue weighted by molar-refractivity contribution is -0.192. The number of nitrogens with one attached hydrogen (secondary N) is 1. The zero-order valence-corrected chi connectivity index (χ0v) is 23.2. The number of aromatic carboxylic acids is 1. The molecule has 0 radical (unpaired) electrons. The van der Waals surface area contributed by atoms with Crippen molar-refractivity contribution in [3.63, 3.8) is 0 Å². The van der Waals surface area contributed by atoms with Crippen molar-refractivity contribution in [3.8, 4) is 0 Å². The average Bonchev–Trinajstić information content (AvgIpc) is 2.90. The van der Waals surface area contributed by atoms with Gasteiger partial charge in [-0.25, -0.2) is 18.0 Å². The minimum Gasteiger partial charge on any atom is -0.478 e. The van der Waals surface area contributed by atoms with Gasteiger partial charge in [0.05, 0.1) is 21.8 Å². The smallest absolute Gasteiger partial charge is 0.478 e. The summed E-state index contributed by atoms with van der Waals surface area (Å²) in [6.07, 6.45) is 0.798. The largest absolute Gasteiger partial charge is 0.490 e. The minimum absolute atomic E-state index is 0.0553. The van der Waals surface area contributed by atoms with Crippen LogP contribution in [0.3, 0.4) is 0 Å². The highest BCUT2D eigenvalue weighted by molar-refractivity contribution is 7.92. The lowest BCUT2D eigenvalue weighted by Gasteiger charge is -2.41. The molecule has 2 aromatic rings. The topological polar surface area (TPSA) is 127 Å². The van der Waals surface area contributed by atoms with Gasteiger partial charge in [-0.2, -0.15) is 13.2 Å². The lowest BCUT2D eigenvalue weighted by Crippen LogP contribution is -2.46. The van der Waals surface area contributed by atoms with Gasteiger partial charge in [0.2, 0.25) is 0 Å². The van der Waals surface area contributed by atoms with E-state index in [9.17, 15) is 31.5 Å². The molecule has 0 bridgehead atoms. The fraction of sp³-hybridized carbons (Fsp3) is 0.481. The first-order valence-electron chi connectivity index (χ1n) is 13.0. The first kappa shape index (κ1) is 31.2. The van der Waals surface area contributed by atoms with Crippen molar-refractivity contribution in [1.29, 1.82) is 0 Å². The lowest BCUT2D eigenvalue weighted by atomic mass is 9.99. The molecule has 2 fully saturated rings. The SMILES string of the molecule is Cc1ccc(S(=O)(=O)Nc2cc(C(=O)O)ccc2N2CCC(N3CCCCC3)CC2)cc1C.O=C(O)C(F)(F)F. The van der Waals surface area contributed by atoms with Gasteiger partial charge in [-0.3, -0.25) is 4.72 Å². The van der Waals surface area contributed by atoms with Crippen LogP contribution in [0, 0.1) is 13.8 Å². The van der Waals surface area contributed by atoms with Crippen molar-refractivity contribution in [2.75, 3.05) is 35.8 Å². The zero-order chi connectivity index (χ0) is 29.7. The second-order valence-electron chi connectivity index (χ2n) is 10.0. The van der Waals surface area contributed by atoms with E-state index in [1.807, 2.05) is 13.8 Å². The number of carboxylic acid groups (broad SMARTS) is 2. The standard InChI is InChI=1S/C25H33N3O4S.C2HF3O2/c1-18-6-8-22(16-19(18)2)33(31,32)26-23-17-20(25(29)30)7-9-24(23)28-14-10-21(11-15-28)27-12-4-3-5-13-27;3-2(4,5)1(6)7/h6-9,16-17,21,26H,3-5,10-15H2,1-2H3,(H,29,30);(H,6,7). The minimum atomic E-state index is -5.08. The molecule has 0 aliphatic carbocycles. The third-order valence-electron chi connectivity index (χ3n) is 7.23. The molecule has 3 N–H and O–H groups in total. The summed E-state index contributed by atoms with van der Waals surface area (Å²) in [6.45, 7) is 7.76. The number of aliphatic carboxylic acids is 1. The maximum atomic E-state index is 13.2. The summed E-state index contributed by atoms with van der Waals surface area (Å²) in [5, 5.41) is 16.6. The first-order valence-corrected chi connectivity index (χ1v) is 14.4. The number of alkyl halides is 3. The highest BCUT2D eigenvalue weighted by atomic mass is 32.2. The third kappa shape index (κ3) is 8.10. The number of piperidine rings is 2. The van der Waals surface area contributed by atoms with Crippen LogP contribution in [-0.4, -0.2) is 73.9 Å². The second-order valence-corrected chi connectivity index (χ2v) is 11.7. The third-order valence-corrected chi connectivity index (χ3v) is 8.59. The Kier molecular flexibility index (Phi) is 10.1. The molecule has 9 nitrogen and oxygen atoms in total. The van der Waals surface area contributed by atoms with Crippen LogP contribution in [0.25, 0.3) is 0 Å². The number of anilines is 2. The Bertz CT molecular complexity index is 1320. The first-order chi connectivity index (χ1) is 18.7. The van der Waals surface area contributed by atoms with E-state index >= 15 is 0 Å². The van der Waals surface area contributed by atoms with Crippen LogP contribution in [0.4, 0.5) is 24.5 Å². The molecule has 0 unspecified atom stereocenters. The number of carboxylic acids is 2. The van der Waals surface area contributed by atoms with E-state index in [1.54, 1.807) is 30.3 Å². The average molecular weight is 586 g/mol. The van der Waals surface area contributed by atoms with Crippen molar-refractivity contribution >= 4 is 33.3 Å². The summed E-state index contributed by atoms with van der Waals surface area (Å²) in [5.74, 6) is -3.84. The van der Waals surface area contributed by atoms with Crippen molar-refractivity contribution < 1.29 is 41.4 Å². The monoisotopic (exact) mass is 585 g/mol. The van der Waals surface area contributed by atoms with Gasteiger partial charge in [-0.15, -0.1) is 0 Å². The Morgan fingerprint density at radius 1 is 0.900 bits per heavy atom. The highest BCUT2D eigenvalue weighted by Gasteiger charge is 2.38. The quantitative estimate of drug-likeness (QED) is 0.438. The summed E-state index contributed by atoms with van der Waals surface area (Å²) in [5.41, 5.74) is 2.99. The van der Waals surface area contributed by atoms with E-state index in [1.165, 1.54) is 38.4 Å². The van der Waals surface area contributed by atoms with Crippen LogP contribution in [0.2, 0.25) is 0 Å². The van der Waals surface area contributed by atoms with Crippen LogP contribution in [0.15, 0.2) is 41.3 Å². The molecule has 40 heavy (non-hydrogen) atoms.